The van der Waals surface area contributed by atoms with Gasteiger partial charge in [-0.25, -0.2) is 0 Å². The Morgan fingerprint density at radius 2 is 1.29 bits per heavy atom. The van der Waals surface area contributed by atoms with Crippen LogP contribution in [0.5, 0.6) is 0 Å². The molecule has 3 rings (SSSR count). The maximum atomic E-state index is 13.9. The Hall–Kier alpha value is -7.23. The highest BCUT2D eigenvalue weighted by Gasteiger charge is 2.35. The lowest BCUT2D eigenvalue weighted by molar-refractivity contribution is -0.143. The third kappa shape index (κ3) is 18.6. The molecule has 1 aliphatic heterocycles. The lowest BCUT2D eigenvalue weighted by Crippen LogP contribution is -2.60. The number of imide groups is 1. The molecule has 0 saturated carbocycles. The molecule has 1 heterocycles. The number of carboxylic acid groups (broad SMARTS) is 2. The summed E-state index contributed by atoms with van der Waals surface area (Å²) < 4.78 is 0. The standard InChI is InChI=1S/C43H57N9O13/c1-23(2)18-30-40(62)51-32(21-35(55)56)42(64)48-29(39(61)52-43(65)33(22-36(57)58)49-37(59)27(44)19-25-10-6-4-7-11-25)16-17-45-34(54)15-14-28(38(60)50-30)47-41(63)31(46-24(3)53)20-26-12-8-5-9-13-26/h4-13,23,27-33H,14-22,44H2,1-3H3,(H,45,54)(H,46,53)(H,47,63)(H,48,64)(H,49,59)(H,50,60)(H,51,62)(H,55,56)(H,57,58)(H,52,61,65)/t27-,28-,29?,30?,31-,32?,33-/m0/s1. The average Bonchev–Trinajstić information content (AvgIpc) is 3.23. The summed E-state index contributed by atoms with van der Waals surface area (Å²) in [6.45, 7) is 4.24. The fourth-order valence-corrected chi connectivity index (χ4v) is 6.66. The monoisotopic (exact) mass is 907 g/mol. The SMILES string of the molecule is CC(=O)N[C@@H](Cc1ccccc1)C(=O)N[C@H]1CCC(=O)NCCC(C(=O)NC(=O)[C@H](CC(=O)O)NC(=O)[C@@H](N)Cc2ccccc2)NC(=O)C(CC(=O)O)NC(=O)C(CC(C)C)NC1=O. The van der Waals surface area contributed by atoms with E-state index in [1.165, 1.54) is 6.92 Å². The van der Waals surface area contributed by atoms with Gasteiger partial charge < -0.3 is 53.2 Å². The molecule has 0 aliphatic carbocycles. The molecule has 65 heavy (non-hydrogen) atoms. The average molecular weight is 908 g/mol. The van der Waals surface area contributed by atoms with E-state index in [9.17, 15) is 63.0 Å². The van der Waals surface area contributed by atoms with Crippen molar-refractivity contribution in [2.24, 2.45) is 11.7 Å². The minimum absolute atomic E-state index is 0.0224. The molecule has 2 aromatic rings. The molecular formula is C43H57N9O13. The van der Waals surface area contributed by atoms with Gasteiger partial charge in [0.15, 0.2) is 0 Å². The van der Waals surface area contributed by atoms with Crippen molar-refractivity contribution in [3.63, 3.8) is 0 Å². The van der Waals surface area contributed by atoms with Crippen LogP contribution in [0.15, 0.2) is 60.7 Å². The predicted molar refractivity (Wildman–Crippen MR) is 229 cm³/mol. The number of carbonyl (C=O) groups excluding carboxylic acids is 9. The molecule has 12 N–H and O–H groups in total. The molecule has 0 aromatic heterocycles. The summed E-state index contributed by atoms with van der Waals surface area (Å²) in [4.78, 5) is 144. The van der Waals surface area contributed by atoms with Crippen LogP contribution in [0, 0.1) is 5.92 Å². The van der Waals surface area contributed by atoms with Gasteiger partial charge in [-0.05, 0) is 42.7 Å². The number of hydrogen-bond donors (Lipinski definition) is 11. The largest absolute Gasteiger partial charge is 0.481 e. The number of nitrogens with one attached hydrogen (secondary N) is 8. The normalized spacial score (nSPS) is 20.0. The van der Waals surface area contributed by atoms with Gasteiger partial charge in [0.05, 0.1) is 18.9 Å². The van der Waals surface area contributed by atoms with E-state index in [1.54, 1.807) is 74.5 Å². The Morgan fingerprint density at radius 1 is 0.708 bits per heavy atom. The Bertz CT molecular complexity index is 2050. The van der Waals surface area contributed by atoms with Gasteiger partial charge in [0, 0.05) is 26.3 Å². The van der Waals surface area contributed by atoms with Crippen molar-refractivity contribution >= 4 is 65.1 Å². The number of benzene rings is 2. The molecule has 2 aromatic carbocycles. The number of nitrogens with two attached hydrogens (primary N) is 1. The second kappa shape index (κ2) is 25.8. The molecule has 0 bridgehead atoms. The summed E-state index contributed by atoms with van der Waals surface area (Å²) in [5.74, 6) is -12.0. The molecule has 1 fully saturated rings. The number of hydrogen-bond acceptors (Lipinski definition) is 12. The molecule has 22 heteroatoms. The van der Waals surface area contributed by atoms with E-state index in [0.29, 0.717) is 11.1 Å². The molecule has 1 saturated heterocycles. The van der Waals surface area contributed by atoms with Crippen LogP contribution in [-0.2, 0) is 65.6 Å². The van der Waals surface area contributed by atoms with Crippen molar-refractivity contribution in [2.75, 3.05) is 6.54 Å². The van der Waals surface area contributed by atoms with Crippen LogP contribution in [0.1, 0.15) is 70.4 Å². The minimum atomic E-state index is -1.88. The van der Waals surface area contributed by atoms with Gasteiger partial charge in [0.25, 0.3) is 0 Å². The highest BCUT2D eigenvalue weighted by molar-refractivity contribution is 6.04. The lowest BCUT2D eigenvalue weighted by atomic mass is 10.0. The minimum Gasteiger partial charge on any atom is -0.481 e. The zero-order valence-corrected chi connectivity index (χ0v) is 36.2. The van der Waals surface area contributed by atoms with Gasteiger partial charge in [-0.2, -0.15) is 0 Å². The number of rotatable bonds is 17. The molecule has 9 amide bonds. The smallest absolute Gasteiger partial charge is 0.305 e. The fraction of sp³-hybridized carbons (Fsp3) is 0.465. The van der Waals surface area contributed by atoms with E-state index >= 15 is 0 Å². The van der Waals surface area contributed by atoms with Crippen LogP contribution in [0.25, 0.3) is 0 Å². The summed E-state index contributed by atoms with van der Waals surface area (Å²) in [5.41, 5.74) is 7.36. The number of amides is 9. The molecule has 22 nitrogen and oxygen atoms in total. The summed E-state index contributed by atoms with van der Waals surface area (Å²) in [6.07, 6.45) is -3.21. The van der Waals surface area contributed by atoms with Gasteiger partial charge in [-0.15, -0.1) is 0 Å². The Morgan fingerprint density at radius 3 is 1.86 bits per heavy atom. The molecular weight excluding hydrogens is 851 g/mol. The second-order valence-corrected chi connectivity index (χ2v) is 15.9. The number of carbonyl (C=O) groups is 11. The van der Waals surface area contributed by atoms with E-state index in [0.717, 1.165) is 0 Å². The topological polar surface area (TPSA) is 350 Å². The zero-order chi connectivity index (χ0) is 48.2. The van der Waals surface area contributed by atoms with Crippen molar-refractivity contribution in [3.05, 3.63) is 71.8 Å². The first-order chi connectivity index (χ1) is 30.7. The summed E-state index contributed by atoms with van der Waals surface area (Å²) in [6, 6.07) is 6.51. The predicted octanol–water partition coefficient (Wildman–Crippen LogP) is -2.33. The molecule has 1 aliphatic rings. The van der Waals surface area contributed by atoms with Crippen LogP contribution in [0.3, 0.4) is 0 Å². The molecule has 352 valence electrons. The summed E-state index contributed by atoms with van der Waals surface area (Å²) >= 11 is 0. The highest BCUT2D eigenvalue weighted by Crippen LogP contribution is 2.11. The van der Waals surface area contributed by atoms with E-state index in [-0.39, 0.29) is 38.1 Å². The molecule has 3 unspecified atom stereocenters. The third-order valence-corrected chi connectivity index (χ3v) is 9.90. The third-order valence-electron chi connectivity index (χ3n) is 9.90. The second-order valence-electron chi connectivity index (χ2n) is 15.9. The maximum Gasteiger partial charge on any atom is 0.305 e. The van der Waals surface area contributed by atoms with Gasteiger partial charge in [-0.3, -0.25) is 58.1 Å². The van der Waals surface area contributed by atoms with Crippen LogP contribution in [0.2, 0.25) is 0 Å². The van der Waals surface area contributed by atoms with Crippen LogP contribution in [0.4, 0.5) is 0 Å². The number of aliphatic carboxylic acids is 2. The van der Waals surface area contributed by atoms with Crippen LogP contribution >= 0.6 is 0 Å². The molecule has 0 radical (unpaired) electrons. The first-order valence-corrected chi connectivity index (χ1v) is 20.9. The van der Waals surface area contributed by atoms with Gasteiger partial charge >= 0.3 is 11.9 Å². The number of carboxylic acids is 2. The van der Waals surface area contributed by atoms with E-state index in [4.69, 9.17) is 5.73 Å². The lowest BCUT2D eigenvalue weighted by Gasteiger charge is -2.28. The Kier molecular flexibility index (Phi) is 20.7. The highest BCUT2D eigenvalue weighted by atomic mass is 16.4. The van der Waals surface area contributed by atoms with Crippen LogP contribution < -0.4 is 48.3 Å². The quantitative estimate of drug-likeness (QED) is 0.0794. The van der Waals surface area contributed by atoms with E-state index in [1.807, 2.05) is 5.32 Å². The molecule has 7 atom stereocenters. The van der Waals surface area contributed by atoms with Crippen molar-refractivity contribution in [2.45, 2.75) is 114 Å². The van der Waals surface area contributed by atoms with Crippen molar-refractivity contribution in [1.82, 2.24) is 42.5 Å². The Balaban J connectivity index is 1.90. The first kappa shape index (κ1) is 52.1. The van der Waals surface area contributed by atoms with Crippen molar-refractivity contribution in [3.8, 4) is 0 Å². The van der Waals surface area contributed by atoms with Crippen molar-refractivity contribution < 1.29 is 63.0 Å². The van der Waals surface area contributed by atoms with Crippen molar-refractivity contribution in [1.29, 1.82) is 0 Å². The zero-order valence-electron chi connectivity index (χ0n) is 36.2. The van der Waals surface area contributed by atoms with Gasteiger partial charge in [0.2, 0.25) is 53.2 Å². The molecule has 0 spiro atoms. The fourth-order valence-electron chi connectivity index (χ4n) is 6.66. The van der Waals surface area contributed by atoms with Gasteiger partial charge in [-0.1, -0.05) is 74.5 Å². The van der Waals surface area contributed by atoms with Gasteiger partial charge in [0.1, 0.15) is 36.3 Å². The van der Waals surface area contributed by atoms with E-state index < -0.39 is 133 Å². The maximum absolute atomic E-state index is 13.9. The first-order valence-electron chi connectivity index (χ1n) is 20.9. The van der Waals surface area contributed by atoms with E-state index in [2.05, 4.69) is 37.2 Å². The summed E-state index contributed by atoms with van der Waals surface area (Å²) in [5, 5.41) is 38.1. The summed E-state index contributed by atoms with van der Waals surface area (Å²) in [7, 11) is 0. The van der Waals surface area contributed by atoms with Crippen LogP contribution in [-0.4, -0.2) is 124 Å². The Labute approximate surface area is 374 Å².